The summed E-state index contributed by atoms with van der Waals surface area (Å²) in [5.41, 5.74) is 1.08. The molecule has 0 aliphatic heterocycles. The average molecular weight is 286 g/mol. The minimum Gasteiger partial charge on any atom is -0.427 e. The number of hydrogen-bond acceptors (Lipinski definition) is 5. The normalized spacial score (nSPS) is 10.0. The first-order chi connectivity index (χ1) is 10.1. The Bertz CT molecular complexity index is 629. The number of ether oxygens (including phenoxy) is 2. The minimum absolute atomic E-state index is 0.0637. The largest absolute Gasteiger partial charge is 0.427 e. The van der Waals surface area contributed by atoms with Crippen molar-refractivity contribution in [3.63, 3.8) is 0 Å². The highest BCUT2D eigenvalue weighted by Gasteiger charge is 2.09. The summed E-state index contributed by atoms with van der Waals surface area (Å²) in [6, 6.07) is 12.6. The summed E-state index contributed by atoms with van der Waals surface area (Å²) in [5.74, 6) is -0.178. The molecule has 5 nitrogen and oxygen atoms in total. The predicted molar refractivity (Wildman–Crippen MR) is 75.1 cm³/mol. The third-order valence-electron chi connectivity index (χ3n) is 2.67. The number of aliphatic hydroxyl groups is 1. The molecule has 0 heterocycles. The Hall–Kier alpha value is -2.66. The Kier molecular flexibility index (Phi) is 4.68. The number of carbonyl (C=O) groups is 2. The zero-order valence-electron chi connectivity index (χ0n) is 11.4. The molecule has 1 N–H and O–H groups in total. The van der Waals surface area contributed by atoms with E-state index in [0.717, 1.165) is 5.56 Å². The van der Waals surface area contributed by atoms with Gasteiger partial charge in [-0.3, -0.25) is 4.79 Å². The lowest BCUT2D eigenvalue weighted by Crippen LogP contribution is -2.08. The van der Waals surface area contributed by atoms with Crippen molar-refractivity contribution in [2.75, 3.05) is 0 Å². The number of hydrogen-bond donors (Lipinski definition) is 1. The van der Waals surface area contributed by atoms with Gasteiger partial charge in [0.05, 0.1) is 12.2 Å². The molecule has 0 aliphatic rings. The Balaban J connectivity index is 2.03. The van der Waals surface area contributed by atoms with Crippen molar-refractivity contribution in [3.05, 3.63) is 59.7 Å². The van der Waals surface area contributed by atoms with Crippen molar-refractivity contribution in [2.45, 2.75) is 13.5 Å². The first-order valence-electron chi connectivity index (χ1n) is 6.29. The molecule has 108 valence electrons. The molecule has 5 heteroatoms. The molecule has 0 amide bonds. The molecule has 0 saturated carbocycles. The molecular formula is C16H14O5. The molecule has 0 unspecified atom stereocenters. The van der Waals surface area contributed by atoms with Gasteiger partial charge in [-0.2, -0.15) is 0 Å². The second-order valence-electron chi connectivity index (χ2n) is 4.31. The molecule has 0 bridgehead atoms. The van der Waals surface area contributed by atoms with Crippen molar-refractivity contribution in [1.82, 2.24) is 0 Å². The average Bonchev–Trinajstić information content (AvgIpc) is 2.48. The van der Waals surface area contributed by atoms with E-state index in [1.807, 2.05) is 0 Å². The topological polar surface area (TPSA) is 72.8 Å². The summed E-state index contributed by atoms with van der Waals surface area (Å²) >= 11 is 0. The van der Waals surface area contributed by atoms with Crippen molar-refractivity contribution in [3.8, 4) is 11.5 Å². The highest BCUT2D eigenvalue weighted by Crippen LogP contribution is 2.16. The van der Waals surface area contributed by atoms with Gasteiger partial charge in [-0.05, 0) is 42.0 Å². The van der Waals surface area contributed by atoms with Gasteiger partial charge in [0.2, 0.25) is 0 Å². The first kappa shape index (κ1) is 14.7. The lowest BCUT2D eigenvalue weighted by Gasteiger charge is -2.06. The number of aliphatic hydroxyl groups excluding tert-OH is 1. The van der Waals surface area contributed by atoms with E-state index in [0.29, 0.717) is 17.1 Å². The number of carbonyl (C=O) groups excluding carboxylic acids is 2. The molecule has 0 aromatic heterocycles. The van der Waals surface area contributed by atoms with E-state index in [1.54, 1.807) is 24.3 Å². The number of rotatable bonds is 4. The Morgan fingerprint density at radius 2 is 1.43 bits per heavy atom. The molecule has 0 fully saturated rings. The fourth-order valence-electron chi connectivity index (χ4n) is 1.65. The van der Waals surface area contributed by atoms with Crippen LogP contribution in [0.4, 0.5) is 0 Å². The highest BCUT2D eigenvalue weighted by molar-refractivity contribution is 5.91. The zero-order valence-corrected chi connectivity index (χ0v) is 11.4. The molecule has 0 atom stereocenters. The van der Waals surface area contributed by atoms with Gasteiger partial charge in [-0.1, -0.05) is 12.1 Å². The Morgan fingerprint density at radius 3 is 1.95 bits per heavy atom. The van der Waals surface area contributed by atoms with Crippen LogP contribution in [-0.2, 0) is 11.4 Å². The van der Waals surface area contributed by atoms with Gasteiger partial charge in [-0.25, -0.2) is 4.79 Å². The molecule has 2 aromatic carbocycles. The van der Waals surface area contributed by atoms with E-state index < -0.39 is 11.9 Å². The molecular weight excluding hydrogens is 272 g/mol. The van der Waals surface area contributed by atoms with Gasteiger partial charge in [0, 0.05) is 6.92 Å². The van der Waals surface area contributed by atoms with E-state index in [2.05, 4.69) is 0 Å². The standard InChI is InChI=1S/C16H14O5/c1-11(18)20-14-8-4-13(5-9-14)16(19)21-15-6-2-12(10-17)3-7-15/h2-9,17H,10H2,1H3. The van der Waals surface area contributed by atoms with Crippen LogP contribution in [0, 0.1) is 0 Å². The molecule has 0 aliphatic carbocycles. The number of esters is 2. The number of benzene rings is 2. The monoisotopic (exact) mass is 286 g/mol. The van der Waals surface area contributed by atoms with Crippen LogP contribution in [0.5, 0.6) is 11.5 Å². The fraction of sp³-hybridized carbons (Fsp3) is 0.125. The van der Waals surface area contributed by atoms with Gasteiger partial charge < -0.3 is 14.6 Å². The van der Waals surface area contributed by atoms with E-state index in [1.165, 1.54) is 31.2 Å². The minimum atomic E-state index is -0.513. The van der Waals surface area contributed by atoms with E-state index >= 15 is 0 Å². The van der Waals surface area contributed by atoms with Crippen LogP contribution < -0.4 is 9.47 Å². The quantitative estimate of drug-likeness (QED) is 0.689. The van der Waals surface area contributed by atoms with Gasteiger partial charge in [0.25, 0.3) is 0 Å². The van der Waals surface area contributed by atoms with Crippen LogP contribution in [0.3, 0.4) is 0 Å². The second kappa shape index (κ2) is 6.67. The summed E-state index contributed by atoms with van der Waals surface area (Å²) in [6.07, 6.45) is 0. The summed E-state index contributed by atoms with van der Waals surface area (Å²) < 4.78 is 10.1. The summed E-state index contributed by atoms with van der Waals surface area (Å²) in [5, 5.41) is 8.93. The highest BCUT2D eigenvalue weighted by atomic mass is 16.5. The van der Waals surface area contributed by atoms with Crippen LogP contribution in [0.2, 0.25) is 0 Å². The van der Waals surface area contributed by atoms with Crippen LogP contribution in [0.25, 0.3) is 0 Å². The Morgan fingerprint density at radius 1 is 0.905 bits per heavy atom. The van der Waals surface area contributed by atoms with E-state index in [4.69, 9.17) is 14.6 Å². The van der Waals surface area contributed by atoms with Crippen LogP contribution in [0.15, 0.2) is 48.5 Å². The third-order valence-corrected chi connectivity index (χ3v) is 2.67. The van der Waals surface area contributed by atoms with Crippen molar-refractivity contribution < 1.29 is 24.2 Å². The van der Waals surface area contributed by atoms with Gasteiger partial charge in [0.1, 0.15) is 11.5 Å². The SMILES string of the molecule is CC(=O)Oc1ccc(C(=O)Oc2ccc(CO)cc2)cc1. The lowest BCUT2D eigenvalue weighted by molar-refractivity contribution is -0.131. The zero-order chi connectivity index (χ0) is 15.2. The Labute approximate surface area is 121 Å². The molecule has 0 radical (unpaired) electrons. The van der Waals surface area contributed by atoms with E-state index in [-0.39, 0.29) is 6.61 Å². The summed E-state index contributed by atoms with van der Waals surface area (Å²) in [7, 11) is 0. The van der Waals surface area contributed by atoms with Gasteiger partial charge in [0.15, 0.2) is 0 Å². The second-order valence-corrected chi connectivity index (χ2v) is 4.31. The third kappa shape index (κ3) is 4.15. The van der Waals surface area contributed by atoms with Gasteiger partial charge in [-0.15, -0.1) is 0 Å². The first-order valence-corrected chi connectivity index (χ1v) is 6.29. The van der Waals surface area contributed by atoms with Crippen molar-refractivity contribution >= 4 is 11.9 Å². The maximum atomic E-state index is 11.9. The lowest BCUT2D eigenvalue weighted by atomic mass is 10.2. The van der Waals surface area contributed by atoms with E-state index in [9.17, 15) is 9.59 Å². The maximum absolute atomic E-state index is 11.9. The summed E-state index contributed by atoms with van der Waals surface area (Å²) in [4.78, 5) is 22.7. The van der Waals surface area contributed by atoms with Crippen LogP contribution in [-0.4, -0.2) is 17.0 Å². The van der Waals surface area contributed by atoms with Crippen LogP contribution in [0.1, 0.15) is 22.8 Å². The smallest absolute Gasteiger partial charge is 0.343 e. The molecule has 21 heavy (non-hydrogen) atoms. The van der Waals surface area contributed by atoms with Gasteiger partial charge >= 0.3 is 11.9 Å². The van der Waals surface area contributed by atoms with Crippen LogP contribution >= 0.6 is 0 Å². The molecule has 2 aromatic rings. The predicted octanol–water partition coefficient (Wildman–Crippen LogP) is 2.32. The van der Waals surface area contributed by atoms with Crippen molar-refractivity contribution in [1.29, 1.82) is 0 Å². The maximum Gasteiger partial charge on any atom is 0.343 e. The molecule has 0 saturated heterocycles. The molecule has 2 rings (SSSR count). The van der Waals surface area contributed by atoms with Crippen molar-refractivity contribution in [2.24, 2.45) is 0 Å². The molecule has 0 spiro atoms. The summed E-state index contributed by atoms with van der Waals surface area (Å²) in [6.45, 7) is 1.24. The fourth-order valence-corrected chi connectivity index (χ4v) is 1.65.